The van der Waals surface area contributed by atoms with E-state index in [0.29, 0.717) is 17.9 Å². The van der Waals surface area contributed by atoms with Crippen molar-refractivity contribution in [1.82, 2.24) is 9.97 Å². The summed E-state index contributed by atoms with van der Waals surface area (Å²) in [6.45, 7) is 4.67. The minimum absolute atomic E-state index is 0.117. The number of Topliss-reactive ketones (excluding diaryl/α,β-unsaturated/α-hetero) is 1. The average molecular weight is 383 g/mol. The number of methoxy groups -OCH3 is 1. The van der Waals surface area contributed by atoms with Crippen LogP contribution in [0, 0.1) is 0 Å². The lowest BCUT2D eigenvalue weighted by Crippen LogP contribution is -3.15. The highest BCUT2D eigenvalue weighted by Gasteiger charge is 2.29. The van der Waals surface area contributed by atoms with E-state index >= 15 is 0 Å². The number of aromatic nitrogens is 2. The lowest BCUT2D eigenvalue weighted by molar-refractivity contribution is -0.900. The number of piperazine rings is 1. The number of aliphatic hydroxyl groups excluding tert-OH is 1. The molecular weight excluding hydrogens is 356 g/mol. The van der Waals surface area contributed by atoms with Gasteiger partial charge < -0.3 is 19.6 Å². The predicted octanol–water partition coefficient (Wildman–Crippen LogP) is 0.0951. The number of ketones is 1. The van der Waals surface area contributed by atoms with Gasteiger partial charge in [0.25, 0.3) is 0 Å². The lowest BCUT2D eigenvalue weighted by atomic mass is 9.82. The fourth-order valence-corrected chi connectivity index (χ4v) is 4.13. The smallest absolute Gasteiger partial charge is 0.225 e. The van der Waals surface area contributed by atoms with Crippen molar-refractivity contribution in [1.29, 1.82) is 0 Å². The highest BCUT2D eigenvalue weighted by atomic mass is 16.5. The van der Waals surface area contributed by atoms with Crippen LogP contribution in [0.4, 0.5) is 5.95 Å². The summed E-state index contributed by atoms with van der Waals surface area (Å²) in [6.07, 6.45) is 2.95. The fraction of sp³-hybridized carbons (Fsp3) is 0.476. The van der Waals surface area contributed by atoms with Crippen molar-refractivity contribution in [3.05, 3.63) is 47.3 Å². The van der Waals surface area contributed by atoms with E-state index in [-0.39, 0.29) is 18.3 Å². The number of nitrogens with zero attached hydrogens (tertiary/aromatic N) is 3. The van der Waals surface area contributed by atoms with Crippen molar-refractivity contribution < 1.29 is 19.5 Å². The van der Waals surface area contributed by atoms with Crippen molar-refractivity contribution in [2.75, 3.05) is 51.3 Å². The Balaban J connectivity index is 1.51. The van der Waals surface area contributed by atoms with Gasteiger partial charge in [0.05, 0.1) is 51.2 Å². The third kappa shape index (κ3) is 3.86. The van der Waals surface area contributed by atoms with E-state index in [2.05, 4.69) is 9.88 Å². The Labute approximate surface area is 165 Å². The second kappa shape index (κ2) is 8.24. The van der Waals surface area contributed by atoms with Crippen LogP contribution in [0.15, 0.2) is 30.5 Å². The molecule has 2 aromatic rings. The molecule has 7 heteroatoms. The Morgan fingerprint density at radius 3 is 2.64 bits per heavy atom. The van der Waals surface area contributed by atoms with Crippen LogP contribution in [0.1, 0.15) is 34.0 Å². The molecule has 2 aliphatic rings. The normalized spacial score (nSPS) is 20.1. The van der Waals surface area contributed by atoms with E-state index in [1.807, 2.05) is 24.3 Å². The van der Waals surface area contributed by atoms with Crippen LogP contribution in [0.5, 0.6) is 5.75 Å². The first kappa shape index (κ1) is 18.8. The van der Waals surface area contributed by atoms with Crippen LogP contribution in [0.25, 0.3) is 0 Å². The van der Waals surface area contributed by atoms with Gasteiger partial charge in [0.1, 0.15) is 12.3 Å². The highest BCUT2D eigenvalue weighted by Crippen LogP contribution is 2.33. The monoisotopic (exact) mass is 383 g/mol. The highest BCUT2D eigenvalue weighted by molar-refractivity contribution is 5.98. The zero-order chi connectivity index (χ0) is 19.5. The molecule has 1 aliphatic carbocycles. The SMILES string of the molecule is COc1ccc([C@H]2CC(=O)c3cnc(N4CC[NH+](CCO)CC4)nc3C2)cc1. The molecule has 0 bridgehead atoms. The molecule has 0 spiro atoms. The first-order valence-corrected chi connectivity index (χ1v) is 9.90. The summed E-state index contributed by atoms with van der Waals surface area (Å²) in [6, 6.07) is 7.95. The summed E-state index contributed by atoms with van der Waals surface area (Å²) < 4.78 is 5.23. The number of fused-ring (bicyclic) bond motifs is 1. The quantitative estimate of drug-likeness (QED) is 0.762. The summed E-state index contributed by atoms with van der Waals surface area (Å²) in [5.41, 5.74) is 2.66. The van der Waals surface area contributed by atoms with E-state index in [4.69, 9.17) is 14.8 Å². The maximum absolute atomic E-state index is 12.6. The molecule has 148 valence electrons. The van der Waals surface area contributed by atoms with Gasteiger partial charge in [-0.05, 0) is 30.0 Å². The fourth-order valence-electron chi connectivity index (χ4n) is 4.13. The first-order chi connectivity index (χ1) is 13.7. The van der Waals surface area contributed by atoms with Gasteiger partial charge in [-0.2, -0.15) is 0 Å². The predicted molar refractivity (Wildman–Crippen MR) is 105 cm³/mol. The molecule has 4 rings (SSSR count). The third-order valence-electron chi connectivity index (χ3n) is 5.83. The molecule has 1 aliphatic heterocycles. The van der Waals surface area contributed by atoms with E-state index in [9.17, 15) is 4.79 Å². The molecule has 2 heterocycles. The number of aliphatic hydroxyl groups is 1. The third-order valence-corrected chi connectivity index (χ3v) is 5.83. The van der Waals surface area contributed by atoms with Gasteiger partial charge in [-0.15, -0.1) is 0 Å². The number of hydrogen-bond donors (Lipinski definition) is 2. The van der Waals surface area contributed by atoms with Crippen LogP contribution >= 0.6 is 0 Å². The second-order valence-corrected chi connectivity index (χ2v) is 7.54. The molecule has 28 heavy (non-hydrogen) atoms. The number of hydrogen-bond acceptors (Lipinski definition) is 6. The first-order valence-electron chi connectivity index (χ1n) is 9.90. The van der Waals surface area contributed by atoms with E-state index < -0.39 is 0 Å². The number of nitrogens with one attached hydrogen (secondary N) is 1. The van der Waals surface area contributed by atoms with Gasteiger partial charge in [0, 0.05) is 12.6 Å². The molecule has 1 atom stereocenters. The summed E-state index contributed by atoms with van der Waals surface area (Å²) >= 11 is 0. The van der Waals surface area contributed by atoms with Crippen molar-refractivity contribution in [2.45, 2.75) is 18.8 Å². The van der Waals surface area contributed by atoms with E-state index in [1.165, 1.54) is 4.90 Å². The molecule has 0 radical (unpaired) electrons. The molecule has 1 fully saturated rings. The number of ether oxygens (including phenoxy) is 1. The average Bonchev–Trinajstić information content (AvgIpc) is 2.74. The molecule has 1 saturated heterocycles. The van der Waals surface area contributed by atoms with E-state index in [1.54, 1.807) is 13.3 Å². The maximum Gasteiger partial charge on any atom is 0.225 e. The van der Waals surface area contributed by atoms with Crippen molar-refractivity contribution >= 4 is 11.7 Å². The summed E-state index contributed by atoms with van der Waals surface area (Å²) in [4.78, 5) is 25.5. The number of carbonyl (C=O) groups is 1. The van der Waals surface area contributed by atoms with E-state index in [0.717, 1.165) is 56.2 Å². The number of benzene rings is 1. The minimum Gasteiger partial charge on any atom is -0.497 e. The zero-order valence-electron chi connectivity index (χ0n) is 16.2. The Hall–Kier alpha value is -2.51. The molecular formula is C21H27N4O3+. The maximum atomic E-state index is 12.6. The van der Waals surface area contributed by atoms with Gasteiger partial charge in [-0.1, -0.05) is 12.1 Å². The van der Waals surface area contributed by atoms with Crippen LogP contribution in [-0.4, -0.2) is 67.3 Å². The topological polar surface area (TPSA) is 80.0 Å². The van der Waals surface area contributed by atoms with Crippen LogP contribution < -0.4 is 14.5 Å². The van der Waals surface area contributed by atoms with Crippen LogP contribution in [0.3, 0.4) is 0 Å². The molecule has 0 saturated carbocycles. The summed E-state index contributed by atoms with van der Waals surface area (Å²) in [5, 5.41) is 9.11. The Bertz CT molecular complexity index is 832. The van der Waals surface area contributed by atoms with Crippen molar-refractivity contribution in [2.24, 2.45) is 0 Å². The minimum atomic E-state index is 0.117. The summed E-state index contributed by atoms with van der Waals surface area (Å²) in [7, 11) is 1.65. The Kier molecular flexibility index (Phi) is 5.54. The molecule has 0 unspecified atom stereocenters. The second-order valence-electron chi connectivity index (χ2n) is 7.54. The molecule has 2 N–H and O–H groups in total. The standard InChI is InChI=1S/C21H26N4O3/c1-28-17-4-2-15(3-5-17)16-12-19-18(20(27)13-16)14-22-21(23-19)25-8-6-24(7-9-25)10-11-26/h2-5,14,16,26H,6-13H2,1H3/p+1/t16-/m1/s1. The number of rotatable bonds is 5. The Morgan fingerprint density at radius 1 is 1.21 bits per heavy atom. The zero-order valence-corrected chi connectivity index (χ0v) is 16.2. The molecule has 0 amide bonds. The van der Waals surface area contributed by atoms with Gasteiger partial charge in [-0.25, -0.2) is 9.97 Å². The largest absolute Gasteiger partial charge is 0.497 e. The van der Waals surface area contributed by atoms with Gasteiger partial charge in [0.15, 0.2) is 5.78 Å². The van der Waals surface area contributed by atoms with Crippen molar-refractivity contribution in [3.63, 3.8) is 0 Å². The lowest BCUT2D eigenvalue weighted by Gasteiger charge is -2.32. The van der Waals surface area contributed by atoms with Gasteiger partial charge >= 0.3 is 0 Å². The number of carbonyl (C=O) groups excluding carboxylic acids is 1. The van der Waals surface area contributed by atoms with Gasteiger partial charge in [-0.3, -0.25) is 4.79 Å². The van der Waals surface area contributed by atoms with Crippen molar-refractivity contribution in [3.8, 4) is 5.75 Å². The van der Waals surface area contributed by atoms with Crippen LogP contribution in [-0.2, 0) is 6.42 Å². The number of anilines is 1. The Morgan fingerprint density at radius 2 is 1.96 bits per heavy atom. The molecule has 7 nitrogen and oxygen atoms in total. The summed E-state index contributed by atoms with van der Waals surface area (Å²) in [5.74, 6) is 1.79. The van der Waals surface area contributed by atoms with Gasteiger partial charge in [0.2, 0.25) is 5.95 Å². The number of quaternary nitrogens is 1. The van der Waals surface area contributed by atoms with Crippen LogP contribution in [0.2, 0.25) is 0 Å². The molecule has 1 aromatic carbocycles. The molecule has 1 aromatic heterocycles.